The number of aliphatic hydroxyl groups excluding tert-OH is 1. The number of ether oxygens (including phenoxy) is 2. The van der Waals surface area contributed by atoms with Crippen LogP contribution in [0.15, 0.2) is 48.5 Å². The van der Waals surface area contributed by atoms with Gasteiger partial charge in [-0.2, -0.15) is 0 Å². The van der Waals surface area contributed by atoms with Crippen molar-refractivity contribution in [1.82, 2.24) is 10.6 Å². The van der Waals surface area contributed by atoms with Crippen LogP contribution in [0.2, 0.25) is 0 Å². The Morgan fingerprint density at radius 2 is 1.71 bits per heavy atom. The van der Waals surface area contributed by atoms with Gasteiger partial charge in [-0.05, 0) is 35.6 Å². The van der Waals surface area contributed by atoms with E-state index in [1.807, 2.05) is 36.4 Å². The van der Waals surface area contributed by atoms with E-state index in [0.29, 0.717) is 13.0 Å². The molecule has 1 heterocycles. The molecule has 0 saturated carbocycles. The molecule has 0 bridgehead atoms. The molecule has 180 valence electrons. The first kappa shape index (κ1) is 23.7. The maximum Gasteiger partial charge on any atom is 0.407 e. The zero-order chi connectivity index (χ0) is 24.2. The van der Waals surface area contributed by atoms with Crippen LogP contribution in [0, 0.1) is 5.92 Å². The Hall–Kier alpha value is -3.43. The van der Waals surface area contributed by atoms with Crippen molar-refractivity contribution < 1.29 is 34.1 Å². The van der Waals surface area contributed by atoms with Crippen LogP contribution in [0.1, 0.15) is 30.4 Å². The summed E-state index contributed by atoms with van der Waals surface area (Å²) in [5, 5.41) is 23.7. The summed E-state index contributed by atoms with van der Waals surface area (Å²) < 4.78 is 11.0. The van der Waals surface area contributed by atoms with E-state index in [-0.39, 0.29) is 25.0 Å². The topological polar surface area (TPSA) is 134 Å². The van der Waals surface area contributed by atoms with Crippen LogP contribution in [-0.4, -0.2) is 66.2 Å². The molecule has 0 unspecified atom stereocenters. The van der Waals surface area contributed by atoms with Crippen LogP contribution in [0.5, 0.6) is 0 Å². The minimum absolute atomic E-state index is 0.0556. The highest BCUT2D eigenvalue weighted by molar-refractivity contribution is 5.87. The quantitative estimate of drug-likeness (QED) is 0.465. The van der Waals surface area contributed by atoms with Crippen LogP contribution in [0.3, 0.4) is 0 Å². The normalized spacial score (nSPS) is 20.6. The number of carbonyl (C=O) groups is 3. The molecule has 4 atom stereocenters. The molecule has 0 aromatic heterocycles. The SMILES string of the molecule is C[C@@H](O)[C@H](NC(=O)[C@H]1OCC[C@H]1CNC(=O)OCC1c2ccccc2-c2ccccc21)C(=O)O. The second-order valence-electron chi connectivity index (χ2n) is 8.61. The number of alkyl carbamates (subject to hydrolysis) is 1. The largest absolute Gasteiger partial charge is 0.480 e. The molecule has 4 N–H and O–H groups in total. The third-order valence-corrected chi connectivity index (χ3v) is 6.37. The standard InChI is InChI=1S/C25H28N2O7/c1-14(28)21(24(30)31)27-23(29)22-15(10-11-33-22)12-26-25(32)34-13-20-18-8-4-2-6-16(18)17-7-3-5-9-19(17)20/h2-9,14-15,20-22,28H,10-13H2,1H3,(H,26,32)(H,27,29)(H,30,31)/t14-,15+,21+,22+/m1/s1. The first-order chi connectivity index (χ1) is 16.4. The monoisotopic (exact) mass is 468 g/mol. The van der Waals surface area contributed by atoms with Crippen molar-refractivity contribution in [1.29, 1.82) is 0 Å². The van der Waals surface area contributed by atoms with Crippen LogP contribution < -0.4 is 10.6 Å². The number of hydrogen-bond acceptors (Lipinski definition) is 6. The van der Waals surface area contributed by atoms with E-state index in [9.17, 15) is 19.5 Å². The van der Waals surface area contributed by atoms with E-state index in [4.69, 9.17) is 14.6 Å². The highest BCUT2D eigenvalue weighted by Crippen LogP contribution is 2.44. The summed E-state index contributed by atoms with van der Waals surface area (Å²) in [6.07, 6.45) is -2.26. The summed E-state index contributed by atoms with van der Waals surface area (Å²) in [5.41, 5.74) is 4.51. The lowest BCUT2D eigenvalue weighted by Gasteiger charge is -2.22. The van der Waals surface area contributed by atoms with Crippen molar-refractivity contribution in [2.75, 3.05) is 19.8 Å². The summed E-state index contributed by atoms with van der Waals surface area (Å²) in [6, 6.07) is 14.7. The van der Waals surface area contributed by atoms with E-state index in [1.54, 1.807) is 0 Å². The summed E-state index contributed by atoms with van der Waals surface area (Å²) in [5.74, 6) is -2.37. The van der Waals surface area contributed by atoms with Gasteiger partial charge in [-0.1, -0.05) is 48.5 Å². The number of aliphatic hydroxyl groups is 1. The molecule has 2 aromatic rings. The zero-order valence-corrected chi connectivity index (χ0v) is 18.8. The Bertz CT molecular complexity index is 1030. The number of amides is 2. The molecule has 1 saturated heterocycles. The van der Waals surface area contributed by atoms with Gasteiger partial charge in [0.05, 0.1) is 6.10 Å². The number of aliphatic carboxylic acids is 1. The van der Waals surface area contributed by atoms with E-state index in [2.05, 4.69) is 22.8 Å². The number of fused-ring (bicyclic) bond motifs is 3. The Morgan fingerprint density at radius 3 is 2.29 bits per heavy atom. The molecule has 9 heteroatoms. The van der Waals surface area contributed by atoms with Crippen LogP contribution in [-0.2, 0) is 19.1 Å². The molecule has 0 spiro atoms. The minimum Gasteiger partial charge on any atom is -0.480 e. The Balaban J connectivity index is 1.31. The van der Waals surface area contributed by atoms with Crippen molar-refractivity contribution in [2.45, 2.75) is 37.5 Å². The average molecular weight is 469 g/mol. The third-order valence-electron chi connectivity index (χ3n) is 6.37. The fourth-order valence-electron chi connectivity index (χ4n) is 4.62. The number of rotatable bonds is 8. The summed E-state index contributed by atoms with van der Waals surface area (Å²) in [4.78, 5) is 36.2. The number of carboxylic acid groups (broad SMARTS) is 1. The molecule has 1 fully saturated rings. The first-order valence-electron chi connectivity index (χ1n) is 11.3. The molecular weight excluding hydrogens is 440 g/mol. The maximum atomic E-state index is 12.5. The molecule has 1 aliphatic heterocycles. The molecule has 4 rings (SSSR count). The van der Waals surface area contributed by atoms with Gasteiger partial charge in [0.15, 0.2) is 6.04 Å². The van der Waals surface area contributed by atoms with Crippen molar-refractivity contribution in [3.05, 3.63) is 59.7 Å². The number of hydrogen-bond donors (Lipinski definition) is 4. The van der Waals surface area contributed by atoms with Crippen LogP contribution in [0.25, 0.3) is 11.1 Å². The van der Waals surface area contributed by atoms with Gasteiger partial charge in [-0.25, -0.2) is 9.59 Å². The van der Waals surface area contributed by atoms with Crippen molar-refractivity contribution >= 4 is 18.0 Å². The second kappa shape index (κ2) is 10.2. The molecular formula is C25H28N2O7. The lowest BCUT2D eigenvalue weighted by Crippen LogP contribution is -2.52. The summed E-state index contributed by atoms with van der Waals surface area (Å²) >= 11 is 0. The van der Waals surface area contributed by atoms with E-state index in [0.717, 1.165) is 22.3 Å². The lowest BCUT2D eigenvalue weighted by atomic mass is 9.98. The fraction of sp³-hybridized carbons (Fsp3) is 0.400. The van der Waals surface area contributed by atoms with E-state index < -0.39 is 36.2 Å². The van der Waals surface area contributed by atoms with Crippen molar-refractivity contribution in [3.63, 3.8) is 0 Å². The van der Waals surface area contributed by atoms with Gasteiger partial charge in [0.1, 0.15) is 12.7 Å². The summed E-state index contributed by atoms with van der Waals surface area (Å²) in [6.45, 7) is 1.91. The third kappa shape index (κ3) is 4.90. The zero-order valence-electron chi connectivity index (χ0n) is 18.8. The maximum absolute atomic E-state index is 12.5. The molecule has 34 heavy (non-hydrogen) atoms. The summed E-state index contributed by atoms with van der Waals surface area (Å²) in [7, 11) is 0. The first-order valence-corrected chi connectivity index (χ1v) is 11.3. The fourth-order valence-corrected chi connectivity index (χ4v) is 4.62. The second-order valence-corrected chi connectivity index (χ2v) is 8.61. The predicted molar refractivity (Wildman–Crippen MR) is 122 cm³/mol. The number of benzene rings is 2. The highest BCUT2D eigenvalue weighted by Gasteiger charge is 2.37. The van der Waals surface area contributed by atoms with Gasteiger partial charge in [-0.3, -0.25) is 4.79 Å². The van der Waals surface area contributed by atoms with Gasteiger partial charge in [-0.15, -0.1) is 0 Å². The van der Waals surface area contributed by atoms with Gasteiger partial charge in [0.2, 0.25) is 5.91 Å². The van der Waals surface area contributed by atoms with Gasteiger partial charge >= 0.3 is 12.1 Å². The smallest absolute Gasteiger partial charge is 0.407 e. The average Bonchev–Trinajstić information content (AvgIpc) is 3.42. The predicted octanol–water partition coefficient (Wildman–Crippen LogP) is 1.88. The highest BCUT2D eigenvalue weighted by atomic mass is 16.5. The van der Waals surface area contributed by atoms with Crippen molar-refractivity contribution in [2.24, 2.45) is 5.92 Å². The number of carboxylic acids is 1. The Kier molecular flexibility index (Phi) is 7.14. The molecule has 0 radical (unpaired) electrons. The van der Waals surface area contributed by atoms with Crippen LogP contribution >= 0.6 is 0 Å². The number of nitrogens with one attached hydrogen (secondary N) is 2. The van der Waals surface area contributed by atoms with Crippen molar-refractivity contribution in [3.8, 4) is 11.1 Å². The van der Waals surface area contributed by atoms with Gasteiger partial charge in [0.25, 0.3) is 0 Å². The molecule has 2 amide bonds. The lowest BCUT2D eigenvalue weighted by molar-refractivity contribution is -0.147. The van der Waals surface area contributed by atoms with E-state index in [1.165, 1.54) is 6.92 Å². The minimum atomic E-state index is -1.44. The molecule has 1 aliphatic carbocycles. The Labute approximate surface area is 197 Å². The van der Waals surface area contributed by atoms with Crippen LogP contribution in [0.4, 0.5) is 4.79 Å². The number of carbonyl (C=O) groups excluding carboxylic acids is 2. The molecule has 2 aromatic carbocycles. The van der Waals surface area contributed by atoms with Gasteiger partial charge in [0, 0.05) is 25.0 Å². The van der Waals surface area contributed by atoms with E-state index >= 15 is 0 Å². The molecule has 2 aliphatic rings. The molecule has 9 nitrogen and oxygen atoms in total. The Morgan fingerprint density at radius 1 is 1.09 bits per heavy atom. The van der Waals surface area contributed by atoms with Gasteiger partial charge < -0.3 is 30.3 Å².